The summed E-state index contributed by atoms with van der Waals surface area (Å²) in [5, 5.41) is 0. The number of allylic oxidation sites excluding steroid dienone is 11. The molecule has 2 aliphatic carbocycles. The van der Waals surface area contributed by atoms with Crippen LogP contribution < -0.4 is 0 Å². The van der Waals surface area contributed by atoms with Gasteiger partial charge in [-0.3, -0.25) is 0 Å². The predicted molar refractivity (Wildman–Crippen MR) is 87.9 cm³/mol. The Morgan fingerprint density at radius 3 is 2.50 bits per heavy atom. The quantitative estimate of drug-likeness (QED) is 0.644. The van der Waals surface area contributed by atoms with Crippen LogP contribution in [-0.4, -0.2) is 0 Å². The minimum atomic E-state index is 1.08. The Hall–Kier alpha value is -2.47. The highest BCUT2D eigenvalue weighted by Gasteiger charge is 2.14. The van der Waals surface area contributed by atoms with Crippen molar-refractivity contribution in [3.8, 4) is 0 Å². The van der Waals surface area contributed by atoms with Crippen molar-refractivity contribution in [2.75, 3.05) is 0 Å². The third-order valence-electron chi connectivity index (χ3n) is 3.75. The van der Waals surface area contributed by atoms with Gasteiger partial charge in [-0.25, -0.2) is 0 Å². The minimum Gasteiger partial charge on any atom is -0.0759 e. The zero-order chi connectivity index (χ0) is 13.9. The van der Waals surface area contributed by atoms with E-state index in [0.29, 0.717) is 0 Å². The molecule has 3 rings (SSSR count). The topological polar surface area (TPSA) is 0 Å². The smallest absolute Gasteiger partial charge is 0.0759 e. The van der Waals surface area contributed by atoms with Crippen LogP contribution in [0.25, 0.3) is 11.1 Å². The lowest BCUT2D eigenvalue weighted by molar-refractivity contribution is 1.50. The van der Waals surface area contributed by atoms with E-state index in [4.69, 9.17) is 0 Å². The predicted octanol–water partition coefficient (Wildman–Crippen LogP) is 5.30. The largest absolute Gasteiger partial charge is 0.125 e. The normalized spacial score (nSPS) is 15.4. The fourth-order valence-corrected chi connectivity index (χ4v) is 2.47. The van der Waals surface area contributed by atoms with Crippen LogP contribution in [0.5, 0.6) is 0 Å². The molecular formula is C20H17+. The molecule has 0 spiro atoms. The molecule has 0 heterocycles. The zero-order valence-corrected chi connectivity index (χ0v) is 11.6. The molecule has 0 saturated carbocycles. The van der Waals surface area contributed by atoms with E-state index in [0.717, 1.165) is 5.57 Å². The first-order chi connectivity index (χ1) is 9.75. The molecule has 1 aromatic rings. The van der Waals surface area contributed by atoms with Crippen LogP contribution in [0.4, 0.5) is 0 Å². The van der Waals surface area contributed by atoms with Gasteiger partial charge in [-0.2, -0.15) is 0 Å². The van der Waals surface area contributed by atoms with Crippen LogP contribution in [0.1, 0.15) is 18.1 Å². The van der Waals surface area contributed by atoms with Crippen molar-refractivity contribution in [1.29, 1.82) is 0 Å². The molecule has 0 atom stereocenters. The lowest BCUT2D eigenvalue weighted by Crippen LogP contribution is -1.89. The molecule has 0 bridgehead atoms. The molecular weight excluding hydrogens is 240 g/mol. The molecule has 0 saturated heterocycles. The van der Waals surface area contributed by atoms with Gasteiger partial charge in [0.15, 0.2) is 0 Å². The SMILES string of the molecule is C=C(C1=C[CH+]C=C1)c1cccc(C(C)=C2C=CC=C2)c1. The Balaban J connectivity index is 1.96. The average Bonchev–Trinajstić information content (AvgIpc) is 3.18. The van der Waals surface area contributed by atoms with Gasteiger partial charge in [0.1, 0.15) is 5.57 Å². The van der Waals surface area contributed by atoms with E-state index in [9.17, 15) is 0 Å². The maximum absolute atomic E-state index is 4.22. The maximum Gasteiger partial charge on any atom is 0.125 e. The van der Waals surface area contributed by atoms with Gasteiger partial charge in [-0.1, -0.05) is 49.1 Å². The van der Waals surface area contributed by atoms with Gasteiger partial charge < -0.3 is 0 Å². The summed E-state index contributed by atoms with van der Waals surface area (Å²) in [6, 6.07) is 8.60. The van der Waals surface area contributed by atoms with Crippen molar-refractivity contribution >= 4 is 11.1 Å². The summed E-state index contributed by atoms with van der Waals surface area (Å²) in [4.78, 5) is 0. The monoisotopic (exact) mass is 257 g/mol. The second kappa shape index (κ2) is 5.26. The minimum absolute atomic E-state index is 1.08. The standard InChI is InChI=1S/C20H17/c1-15(17-8-3-4-9-17)19-12-7-13-20(14-19)16(2)18-10-5-6-11-18/h3-14H,1H2,2H3/q+1. The second-order valence-corrected chi connectivity index (χ2v) is 5.03. The molecule has 2 aliphatic rings. The number of rotatable bonds is 3. The van der Waals surface area contributed by atoms with E-state index >= 15 is 0 Å². The van der Waals surface area contributed by atoms with E-state index in [-0.39, 0.29) is 0 Å². The van der Waals surface area contributed by atoms with E-state index in [1.165, 1.54) is 27.8 Å². The summed E-state index contributed by atoms with van der Waals surface area (Å²) in [6.07, 6.45) is 16.7. The van der Waals surface area contributed by atoms with Crippen molar-refractivity contribution < 1.29 is 0 Å². The van der Waals surface area contributed by atoms with Gasteiger partial charge in [-0.15, -0.1) is 0 Å². The fraction of sp³-hybridized carbons (Fsp3) is 0.0500. The van der Waals surface area contributed by atoms with Crippen LogP contribution in [0, 0.1) is 6.42 Å². The first-order valence-corrected chi connectivity index (χ1v) is 6.83. The van der Waals surface area contributed by atoms with Crippen LogP contribution in [0.3, 0.4) is 0 Å². The van der Waals surface area contributed by atoms with Crippen LogP contribution in [0.2, 0.25) is 0 Å². The molecule has 20 heavy (non-hydrogen) atoms. The molecule has 0 unspecified atom stereocenters. The average molecular weight is 257 g/mol. The van der Waals surface area contributed by atoms with Crippen molar-refractivity contribution in [2.24, 2.45) is 0 Å². The Morgan fingerprint density at radius 1 is 1.05 bits per heavy atom. The van der Waals surface area contributed by atoms with Gasteiger partial charge in [-0.05, 0) is 35.3 Å². The molecule has 0 radical (unpaired) electrons. The summed E-state index contributed by atoms with van der Waals surface area (Å²) in [5.41, 5.74) is 7.27. The molecule has 0 aliphatic heterocycles. The van der Waals surface area contributed by atoms with Gasteiger partial charge in [0.25, 0.3) is 0 Å². The molecule has 0 aromatic heterocycles. The summed E-state index contributed by atoms with van der Waals surface area (Å²) < 4.78 is 0. The van der Waals surface area contributed by atoms with Gasteiger partial charge >= 0.3 is 0 Å². The lowest BCUT2D eigenvalue weighted by Gasteiger charge is -2.07. The van der Waals surface area contributed by atoms with Crippen molar-refractivity contribution in [2.45, 2.75) is 6.92 Å². The van der Waals surface area contributed by atoms with Crippen LogP contribution in [-0.2, 0) is 0 Å². The number of hydrogen-bond donors (Lipinski definition) is 0. The fourth-order valence-electron chi connectivity index (χ4n) is 2.47. The van der Waals surface area contributed by atoms with Gasteiger partial charge in [0, 0.05) is 6.42 Å². The highest BCUT2D eigenvalue weighted by Crippen LogP contribution is 2.29. The zero-order valence-electron chi connectivity index (χ0n) is 11.6. The summed E-state index contributed by atoms with van der Waals surface area (Å²) >= 11 is 0. The maximum atomic E-state index is 4.22. The Kier molecular flexibility index (Phi) is 3.30. The molecule has 0 fully saturated rings. The van der Waals surface area contributed by atoms with E-state index in [1.54, 1.807) is 0 Å². The first kappa shape index (κ1) is 12.6. The molecule has 0 amide bonds. The highest BCUT2D eigenvalue weighted by molar-refractivity contribution is 5.84. The Labute approximate surface area is 120 Å². The van der Waals surface area contributed by atoms with Crippen LogP contribution in [0.15, 0.2) is 84.5 Å². The van der Waals surface area contributed by atoms with E-state index < -0.39 is 0 Å². The molecule has 1 aromatic carbocycles. The first-order valence-electron chi connectivity index (χ1n) is 6.83. The van der Waals surface area contributed by atoms with Gasteiger partial charge in [0.05, 0.1) is 23.8 Å². The summed E-state index contributed by atoms with van der Waals surface area (Å²) in [7, 11) is 0. The Morgan fingerprint density at radius 2 is 1.80 bits per heavy atom. The van der Waals surface area contributed by atoms with Crippen molar-refractivity contribution in [3.63, 3.8) is 0 Å². The van der Waals surface area contributed by atoms with E-state index in [1.807, 2.05) is 12.5 Å². The molecule has 96 valence electrons. The van der Waals surface area contributed by atoms with E-state index in [2.05, 4.69) is 74.2 Å². The molecule has 0 heteroatoms. The van der Waals surface area contributed by atoms with Crippen LogP contribution >= 0.6 is 0 Å². The summed E-state index contributed by atoms with van der Waals surface area (Å²) in [5.74, 6) is 0. The highest BCUT2D eigenvalue weighted by atomic mass is 14.1. The molecule has 0 nitrogen and oxygen atoms in total. The number of hydrogen-bond acceptors (Lipinski definition) is 0. The van der Waals surface area contributed by atoms with Crippen molar-refractivity contribution in [1.82, 2.24) is 0 Å². The Bertz CT molecular complexity index is 689. The lowest BCUT2D eigenvalue weighted by atomic mass is 9.95. The summed E-state index contributed by atoms with van der Waals surface area (Å²) in [6.45, 7) is 6.39. The third kappa shape index (κ3) is 2.33. The molecule has 0 N–H and O–H groups in total. The third-order valence-corrected chi connectivity index (χ3v) is 3.75. The second-order valence-electron chi connectivity index (χ2n) is 5.03. The number of benzene rings is 1. The van der Waals surface area contributed by atoms with Gasteiger partial charge in [0.2, 0.25) is 0 Å². The van der Waals surface area contributed by atoms with Crippen molar-refractivity contribution in [3.05, 3.63) is 102 Å².